The summed E-state index contributed by atoms with van der Waals surface area (Å²) in [5.74, 6) is 0.200. The van der Waals surface area contributed by atoms with Gasteiger partial charge in [-0.1, -0.05) is 42.8 Å². The van der Waals surface area contributed by atoms with Gasteiger partial charge in [0, 0.05) is 18.5 Å². The largest absolute Gasteiger partial charge is 0.449 e. The highest BCUT2D eigenvalue weighted by Gasteiger charge is 2.29. The van der Waals surface area contributed by atoms with Gasteiger partial charge < -0.3 is 14.6 Å². The monoisotopic (exact) mass is 396 g/mol. The topological polar surface area (TPSA) is 62.6 Å². The molecule has 1 aromatic heterocycles. The first-order valence-corrected chi connectivity index (χ1v) is 9.79. The maximum Gasteiger partial charge on any atom is 0.291 e. The lowest BCUT2D eigenvalue weighted by molar-refractivity contribution is 0.0669. The molecule has 0 atom stereocenters. The van der Waals surface area contributed by atoms with Crippen LogP contribution in [0.15, 0.2) is 52.9 Å². The van der Waals surface area contributed by atoms with Crippen LogP contribution in [-0.2, 0) is 0 Å². The zero-order chi connectivity index (χ0) is 19.7. The van der Waals surface area contributed by atoms with Crippen LogP contribution >= 0.6 is 11.6 Å². The molecule has 1 saturated heterocycles. The molecular weight excluding hydrogens is 376 g/mol. The molecule has 1 aliphatic heterocycles. The van der Waals surface area contributed by atoms with Crippen LogP contribution in [0, 0.1) is 5.92 Å². The molecule has 0 bridgehead atoms. The zero-order valence-electron chi connectivity index (χ0n) is 15.6. The number of benzene rings is 2. The lowest BCUT2D eigenvalue weighted by Gasteiger charge is -2.29. The molecule has 1 N–H and O–H groups in total. The highest BCUT2D eigenvalue weighted by atomic mass is 35.5. The van der Waals surface area contributed by atoms with Crippen LogP contribution in [0.4, 0.5) is 5.69 Å². The van der Waals surface area contributed by atoms with E-state index in [0.29, 0.717) is 46.3 Å². The Morgan fingerprint density at radius 1 is 1.07 bits per heavy atom. The van der Waals surface area contributed by atoms with Gasteiger partial charge in [0.05, 0.1) is 10.6 Å². The van der Waals surface area contributed by atoms with E-state index >= 15 is 0 Å². The number of nitrogens with zero attached hydrogens (tertiary/aromatic N) is 1. The van der Waals surface area contributed by atoms with Gasteiger partial charge in [-0.05, 0) is 43.0 Å². The molecule has 5 nitrogen and oxygen atoms in total. The van der Waals surface area contributed by atoms with Gasteiger partial charge >= 0.3 is 0 Å². The molecule has 6 heteroatoms. The first kappa shape index (κ1) is 18.6. The summed E-state index contributed by atoms with van der Waals surface area (Å²) in [6.07, 6.45) is 1.93. The number of piperidine rings is 1. The summed E-state index contributed by atoms with van der Waals surface area (Å²) in [5.41, 5.74) is 1.30. The third kappa shape index (κ3) is 3.50. The van der Waals surface area contributed by atoms with Crippen LogP contribution in [0.5, 0.6) is 0 Å². The third-order valence-corrected chi connectivity index (χ3v) is 5.55. The van der Waals surface area contributed by atoms with E-state index in [1.54, 1.807) is 35.2 Å². The number of furan rings is 1. The van der Waals surface area contributed by atoms with Crippen molar-refractivity contribution in [1.82, 2.24) is 4.90 Å². The second kappa shape index (κ2) is 7.68. The lowest BCUT2D eigenvalue weighted by atomic mass is 9.99. The van der Waals surface area contributed by atoms with Crippen molar-refractivity contribution in [2.75, 3.05) is 18.4 Å². The SMILES string of the molecule is CC1CCN(C(=O)c2oc3ccccc3c2NC(=O)c2ccccc2Cl)CC1. The summed E-state index contributed by atoms with van der Waals surface area (Å²) in [5, 5.41) is 3.90. The van der Waals surface area contributed by atoms with E-state index in [0.717, 1.165) is 12.8 Å². The minimum atomic E-state index is -0.376. The van der Waals surface area contributed by atoms with Crippen molar-refractivity contribution in [1.29, 1.82) is 0 Å². The molecule has 1 fully saturated rings. The summed E-state index contributed by atoms with van der Waals surface area (Å²) >= 11 is 6.16. The van der Waals surface area contributed by atoms with Crippen LogP contribution in [0.25, 0.3) is 11.0 Å². The fraction of sp³-hybridized carbons (Fsp3) is 0.273. The van der Waals surface area contributed by atoms with Gasteiger partial charge in [0.1, 0.15) is 11.3 Å². The van der Waals surface area contributed by atoms with Crippen molar-refractivity contribution in [2.45, 2.75) is 19.8 Å². The summed E-state index contributed by atoms with van der Waals surface area (Å²) in [4.78, 5) is 27.7. The first-order valence-electron chi connectivity index (χ1n) is 9.41. The minimum absolute atomic E-state index is 0.163. The Hall–Kier alpha value is -2.79. The second-order valence-corrected chi connectivity index (χ2v) is 7.62. The minimum Gasteiger partial charge on any atom is -0.449 e. The van der Waals surface area contributed by atoms with Crippen molar-refractivity contribution in [3.63, 3.8) is 0 Å². The average Bonchev–Trinajstić information content (AvgIpc) is 3.07. The van der Waals surface area contributed by atoms with Crippen molar-refractivity contribution in [2.24, 2.45) is 5.92 Å². The lowest BCUT2D eigenvalue weighted by Crippen LogP contribution is -2.38. The Labute approximate surface area is 168 Å². The van der Waals surface area contributed by atoms with E-state index in [9.17, 15) is 9.59 Å². The van der Waals surface area contributed by atoms with Crippen molar-refractivity contribution < 1.29 is 14.0 Å². The number of hydrogen-bond donors (Lipinski definition) is 1. The summed E-state index contributed by atoms with van der Waals surface area (Å²) in [7, 11) is 0. The van der Waals surface area contributed by atoms with E-state index in [2.05, 4.69) is 12.2 Å². The number of carbonyl (C=O) groups excluding carboxylic acids is 2. The van der Waals surface area contributed by atoms with Crippen LogP contribution in [0.3, 0.4) is 0 Å². The molecule has 2 heterocycles. The molecule has 2 aromatic carbocycles. The molecular formula is C22H21ClN2O3. The molecule has 0 aliphatic carbocycles. The maximum absolute atomic E-state index is 13.1. The predicted octanol–water partition coefficient (Wildman–Crippen LogP) is 5.21. The Kier molecular flexibility index (Phi) is 5.09. The number of amides is 2. The fourth-order valence-corrected chi connectivity index (χ4v) is 3.72. The molecule has 2 amide bonds. The standard InChI is InChI=1S/C22H21ClN2O3/c1-14-10-12-25(13-11-14)22(27)20-19(16-7-3-5-9-18(16)28-20)24-21(26)15-6-2-4-8-17(15)23/h2-9,14H,10-13H2,1H3,(H,24,26). The Balaban J connectivity index is 1.70. The average molecular weight is 397 g/mol. The highest BCUT2D eigenvalue weighted by molar-refractivity contribution is 6.34. The molecule has 0 radical (unpaired) electrons. The Morgan fingerprint density at radius 2 is 1.75 bits per heavy atom. The highest BCUT2D eigenvalue weighted by Crippen LogP contribution is 2.33. The molecule has 0 unspecified atom stereocenters. The van der Waals surface area contributed by atoms with Gasteiger partial charge in [-0.2, -0.15) is 0 Å². The van der Waals surface area contributed by atoms with Crippen LogP contribution < -0.4 is 5.32 Å². The number of fused-ring (bicyclic) bond motifs is 1. The van der Waals surface area contributed by atoms with Crippen molar-refractivity contribution in [3.05, 3.63) is 64.9 Å². The van der Waals surface area contributed by atoms with E-state index in [1.807, 2.05) is 18.2 Å². The van der Waals surface area contributed by atoms with E-state index in [-0.39, 0.29) is 17.6 Å². The number of nitrogens with one attached hydrogen (secondary N) is 1. The fourth-order valence-electron chi connectivity index (χ4n) is 3.50. The summed E-state index contributed by atoms with van der Waals surface area (Å²) < 4.78 is 5.87. The normalized spacial score (nSPS) is 15.0. The van der Waals surface area contributed by atoms with Crippen LogP contribution in [0.1, 0.15) is 40.7 Å². The number of para-hydroxylation sites is 1. The summed E-state index contributed by atoms with van der Waals surface area (Å²) in [6, 6.07) is 14.1. The van der Waals surface area contributed by atoms with Gasteiger partial charge in [0.25, 0.3) is 11.8 Å². The quantitative estimate of drug-likeness (QED) is 0.660. The number of anilines is 1. The maximum atomic E-state index is 13.1. The van der Waals surface area contributed by atoms with Crippen LogP contribution in [-0.4, -0.2) is 29.8 Å². The zero-order valence-corrected chi connectivity index (χ0v) is 16.3. The van der Waals surface area contributed by atoms with Gasteiger partial charge in [0.2, 0.25) is 5.76 Å². The molecule has 1 aliphatic rings. The van der Waals surface area contributed by atoms with E-state index in [1.165, 1.54) is 0 Å². The molecule has 0 spiro atoms. The summed E-state index contributed by atoms with van der Waals surface area (Å²) in [6.45, 7) is 3.57. The number of hydrogen-bond acceptors (Lipinski definition) is 3. The Bertz CT molecular complexity index is 1040. The third-order valence-electron chi connectivity index (χ3n) is 5.22. The first-order chi connectivity index (χ1) is 13.5. The van der Waals surface area contributed by atoms with E-state index in [4.69, 9.17) is 16.0 Å². The molecule has 0 saturated carbocycles. The van der Waals surface area contributed by atoms with E-state index < -0.39 is 0 Å². The van der Waals surface area contributed by atoms with Crippen molar-refractivity contribution in [3.8, 4) is 0 Å². The predicted molar refractivity (Wildman–Crippen MR) is 110 cm³/mol. The number of likely N-dealkylation sites (tertiary alicyclic amines) is 1. The smallest absolute Gasteiger partial charge is 0.291 e. The number of carbonyl (C=O) groups is 2. The molecule has 144 valence electrons. The van der Waals surface area contributed by atoms with Crippen molar-refractivity contribution >= 4 is 40.1 Å². The van der Waals surface area contributed by atoms with Crippen LogP contribution in [0.2, 0.25) is 5.02 Å². The van der Waals surface area contributed by atoms with Gasteiger partial charge in [0.15, 0.2) is 0 Å². The van der Waals surface area contributed by atoms with Gasteiger partial charge in [-0.3, -0.25) is 9.59 Å². The number of halogens is 1. The van der Waals surface area contributed by atoms with Gasteiger partial charge in [-0.15, -0.1) is 0 Å². The Morgan fingerprint density at radius 3 is 2.50 bits per heavy atom. The van der Waals surface area contributed by atoms with Gasteiger partial charge in [-0.25, -0.2) is 0 Å². The molecule has 4 rings (SSSR count). The second-order valence-electron chi connectivity index (χ2n) is 7.21. The molecule has 3 aromatic rings. The molecule has 28 heavy (non-hydrogen) atoms. The number of rotatable bonds is 3.